The van der Waals surface area contributed by atoms with Crippen LogP contribution in [0.3, 0.4) is 0 Å². The molecule has 0 saturated heterocycles. The van der Waals surface area contributed by atoms with Crippen molar-refractivity contribution in [3.05, 3.63) is 29.0 Å². The van der Waals surface area contributed by atoms with Crippen LogP contribution in [0.1, 0.15) is 13.3 Å². The third kappa shape index (κ3) is 4.49. The summed E-state index contributed by atoms with van der Waals surface area (Å²) in [6.45, 7) is 4.49. The number of rotatable bonds is 6. The minimum Gasteiger partial charge on any atom is -0.493 e. The Morgan fingerprint density at radius 2 is 2.27 bits per heavy atom. The zero-order chi connectivity index (χ0) is 11.1. The highest BCUT2D eigenvalue weighted by Crippen LogP contribution is 2.20. The quantitative estimate of drug-likeness (QED) is 0.761. The van der Waals surface area contributed by atoms with Crippen molar-refractivity contribution in [2.45, 2.75) is 13.3 Å². The van der Waals surface area contributed by atoms with Crippen LogP contribution < -0.4 is 10.1 Å². The summed E-state index contributed by atoms with van der Waals surface area (Å²) in [7, 11) is 0. The van der Waals surface area contributed by atoms with E-state index in [0.29, 0.717) is 12.4 Å². The third-order valence-corrected chi connectivity index (χ3v) is 2.21. The molecule has 0 atom stereocenters. The van der Waals surface area contributed by atoms with Gasteiger partial charge in [-0.2, -0.15) is 0 Å². The number of ether oxygens (including phenoxy) is 1. The molecule has 0 aliphatic rings. The lowest BCUT2D eigenvalue weighted by molar-refractivity contribution is 0.307. The van der Waals surface area contributed by atoms with Crippen LogP contribution in [0.4, 0.5) is 4.39 Å². The molecule has 1 aromatic carbocycles. The van der Waals surface area contributed by atoms with E-state index in [-0.39, 0.29) is 5.02 Å². The molecular weight excluding hydrogens is 217 g/mol. The van der Waals surface area contributed by atoms with Crippen molar-refractivity contribution in [2.75, 3.05) is 19.7 Å². The van der Waals surface area contributed by atoms with Gasteiger partial charge in [0.05, 0.1) is 11.6 Å². The summed E-state index contributed by atoms with van der Waals surface area (Å²) in [5.41, 5.74) is 0. The predicted molar refractivity (Wildman–Crippen MR) is 60.1 cm³/mol. The molecule has 15 heavy (non-hydrogen) atoms. The van der Waals surface area contributed by atoms with E-state index in [0.717, 1.165) is 19.5 Å². The van der Waals surface area contributed by atoms with Crippen molar-refractivity contribution in [3.8, 4) is 5.75 Å². The Morgan fingerprint density at radius 3 is 2.93 bits per heavy atom. The fourth-order valence-corrected chi connectivity index (χ4v) is 1.25. The first-order valence-corrected chi connectivity index (χ1v) is 5.40. The number of nitrogens with one attached hydrogen (secondary N) is 1. The van der Waals surface area contributed by atoms with Gasteiger partial charge in [0, 0.05) is 6.07 Å². The normalized spacial score (nSPS) is 10.3. The lowest BCUT2D eigenvalue weighted by Crippen LogP contribution is -2.16. The van der Waals surface area contributed by atoms with Crippen LogP contribution >= 0.6 is 11.6 Å². The summed E-state index contributed by atoms with van der Waals surface area (Å²) in [4.78, 5) is 0. The predicted octanol–water partition coefficient (Wildman–Crippen LogP) is 2.86. The average Bonchev–Trinajstić information content (AvgIpc) is 2.23. The van der Waals surface area contributed by atoms with Crippen molar-refractivity contribution in [3.63, 3.8) is 0 Å². The Balaban J connectivity index is 2.28. The molecule has 0 bridgehead atoms. The van der Waals surface area contributed by atoms with Gasteiger partial charge in [0.1, 0.15) is 11.6 Å². The number of benzene rings is 1. The molecule has 0 spiro atoms. The number of hydrogen-bond donors (Lipinski definition) is 1. The minimum absolute atomic E-state index is 0.120. The van der Waals surface area contributed by atoms with Crippen LogP contribution in [-0.2, 0) is 0 Å². The SMILES string of the molecule is CCNCCCOc1ccc(Cl)c(F)c1. The summed E-state index contributed by atoms with van der Waals surface area (Å²) < 4.78 is 18.3. The van der Waals surface area contributed by atoms with Gasteiger partial charge < -0.3 is 10.1 Å². The molecule has 2 nitrogen and oxygen atoms in total. The van der Waals surface area contributed by atoms with Gasteiger partial charge in [-0.25, -0.2) is 4.39 Å². The molecule has 0 radical (unpaired) electrons. The Bertz CT molecular complexity index is 307. The van der Waals surface area contributed by atoms with Gasteiger partial charge in [-0.1, -0.05) is 18.5 Å². The van der Waals surface area contributed by atoms with E-state index in [1.807, 2.05) is 0 Å². The monoisotopic (exact) mass is 231 g/mol. The van der Waals surface area contributed by atoms with Crippen molar-refractivity contribution in [1.29, 1.82) is 0 Å². The van der Waals surface area contributed by atoms with Gasteiger partial charge in [0.25, 0.3) is 0 Å². The molecule has 0 aliphatic carbocycles. The van der Waals surface area contributed by atoms with Gasteiger partial charge in [0.2, 0.25) is 0 Å². The maximum atomic E-state index is 13.0. The van der Waals surface area contributed by atoms with E-state index < -0.39 is 5.82 Å². The maximum absolute atomic E-state index is 13.0. The van der Waals surface area contributed by atoms with Gasteiger partial charge in [-0.15, -0.1) is 0 Å². The summed E-state index contributed by atoms with van der Waals surface area (Å²) in [5, 5.41) is 3.30. The summed E-state index contributed by atoms with van der Waals surface area (Å²) in [6.07, 6.45) is 0.901. The lowest BCUT2D eigenvalue weighted by Gasteiger charge is -2.06. The molecule has 1 N–H and O–H groups in total. The molecule has 1 aromatic rings. The second-order valence-electron chi connectivity index (χ2n) is 3.13. The summed E-state index contributed by atoms with van der Waals surface area (Å²) in [5.74, 6) is 0.0780. The van der Waals surface area contributed by atoms with E-state index >= 15 is 0 Å². The minimum atomic E-state index is -0.444. The molecular formula is C11H15ClFNO. The maximum Gasteiger partial charge on any atom is 0.145 e. The van der Waals surface area contributed by atoms with Crippen LogP contribution in [0, 0.1) is 5.82 Å². The fourth-order valence-electron chi connectivity index (χ4n) is 1.13. The molecule has 0 aromatic heterocycles. The molecule has 0 amide bonds. The van der Waals surface area contributed by atoms with Crippen molar-refractivity contribution in [2.24, 2.45) is 0 Å². The first kappa shape index (κ1) is 12.3. The van der Waals surface area contributed by atoms with Gasteiger partial charge in [-0.3, -0.25) is 0 Å². The molecule has 1 rings (SSSR count). The zero-order valence-electron chi connectivity index (χ0n) is 8.72. The zero-order valence-corrected chi connectivity index (χ0v) is 9.48. The number of hydrogen-bond acceptors (Lipinski definition) is 2. The topological polar surface area (TPSA) is 21.3 Å². The summed E-state index contributed by atoms with van der Waals surface area (Å²) >= 11 is 5.54. The highest BCUT2D eigenvalue weighted by molar-refractivity contribution is 6.30. The van der Waals surface area contributed by atoms with Crippen molar-refractivity contribution < 1.29 is 9.13 Å². The second-order valence-corrected chi connectivity index (χ2v) is 3.54. The average molecular weight is 232 g/mol. The third-order valence-electron chi connectivity index (χ3n) is 1.91. The molecule has 0 aliphatic heterocycles. The highest BCUT2D eigenvalue weighted by atomic mass is 35.5. The van der Waals surface area contributed by atoms with Crippen molar-refractivity contribution >= 4 is 11.6 Å². The van der Waals surface area contributed by atoms with Crippen LogP contribution in [0.2, 0.25) is 5.02 Å². The Labute approximate surface area is 94.4 Å². The highest BCUT2D eigenvalue weighted by Gasteiger charge is 2.01. The fraction of sp³-hybridized carbons (Fsp3) is 0.455. The van der Waals surface area contributed by atoms with Crippen LogP contribution in [0.25, 0.3) is 0 Å². The second kappa shape index (κ2) is 6.64. The standard InChI is InChI=1S/C11H15ClFNO/c1-2-14-6-3-7-15-9-4-5-10(12)11(13)8-9/h4-5,8,14H,2-3,6-7H2,1H3. The molecule has 0 fully saturated rings. The van der Waals surface area contributed by atoms with Gasteiger partial charge >= 0.3 is 0 Å². The first-order chi connectivity index (χ1) is 7.24. The Hall–Kier alpha value is -0.800. The van der Waals surface area contributed by atoms with E-state index in [9.17, 15) is 4.39 Å². The Kier molecular flexibility index (Phi) is 5.43. The largest absolute Gasteiger partial charge is 0.493 e. The van der Waals surface area contributed by atoms with Crippen LogP contribution in [0.5, 0.6) is 5.75 Å². The van der Waals surface area contributed by atoms with E-state index in [1.54, 1.807) is 6.07 Å². The van der Waals surface area contributed by atoms with Gasteiger partial charge in [-0.05, 0) is 31.6 Å². The van der Waals surface area contributed by atoms with Crippen LogP contribution in [0.15, 0.2) is 18.2 Å². The Morgan fingerprint density at radius 1 is 1.47 bits per heavy atom. The molecule has 84 valence electrons. The van der Waals surface area contributed by atoms with Crippen LogP contribution in [-0.4, -0.2) is 19.7 Å². The molecule has 0 heterocycles. The van der Waals surface area contributed by atoms with E-state index in [2.05, 4.69) is 12.2 Å². The van der Waals surface area contributed by atoms with Gasteiger partial charge in [0.15, 0.2) is 0 Å². The lowest BCUT2D eigenvalue weighted by atomic mass is 10.3. The molecule has 4 heteroatoms. The smallest absolute Gasteiger partial charge is 0.145 e. The van der Waals surface area contributed by atoms with Crippen molar-refractivity contribution in [1.82, 2.24) is 5.32 Å². The molecule has 0 saturated carbocycles. The number of halogens is 2. The first-order valence-electron chi connectivity index (χ1n) is 5.02. The van der Waals surface area contributed by atoms with E-state index in [1.165, 1.54) is 12.1 Å². The summed E-state index contributed by atoms with van der Waals surface area (Å²) in [6, 6.07) is 4.46. The van der Waals surface area contributed by atoms with E-state index in [4.69, 9.17) is 16.3 Å². The molecule has 0 unspecified atom stereocenters.